The minimum Gasteiger partial charge on any atom is -0.190 e. The first-order valence-electron chi connectivity index (χ1n) is 6.42. The van der Waals surface area contributed by atoms with Gasteiger partial charge in [-0.3, -0.25) is 0 Å². The zero-order chi connectivity index (χ0) is 18.8. The van der Waals surface area contributed by atoms with E-state index in [-0.39, 0.29) is 21.9 Å². The van der Waals surface area contributed by atoms with Crippen LogP contribution in [0.15, 0.2) is 39.0 Å². The molecule has 3 rings (SSSR count). The van der Waals surface area contributed by atoms with Crippen LogP contribution in [-0.4, -0.2) is 25.3 Å². The number of rotatable bonds is 3. The molecule has 134 valence electrons. The van der Waals surface area contributed by atoms with Crippen LogP contribution >= 0.6 is 0 Å². The van der Waals surface area contributed by atoms with Gasteiger partial charge in [0.15, 0.2) is 0 Å². The Hall–Kier alpha value is -1.92. The van der Waals surface area contributed by atoms with E-state index in [0.717, 1.165) is 30.3 Å². The molecule has 0 aliphatic heterocycles. The molecule has 0 amide bonds. The normalized spacial score (nSPS) is 15.2. The number of hydrogen-bond donors (Lipinski definition) is 0. The molecule has 2 aromatic rings. The van der Waals surface area contributed by atoms with Gasteiger partial charge in [-0.05, 0) is 52.2 Å². The molecule has 6 nitrogen and oxygen atoms in total. The number of benzene rings is 2. The highest BCUT2D eigenvalue weighted by Gasteiger charge is 2.27. The van der Waals surface area contributed by atoms with E-state index in [4.69, 9.17) is 0 Å². The van der Waals surface area contributed by atoms with Crippen molar-refractivity contribution in [3.63, 3.8) is 0 Å². The summed E-state index contributed by atoms with van der Waals surface area (Å²) in [5.41, 5.74) is -0.195. The molecule has 2 aromatic carbocycles. The summed E-state index contributed by atoms with van der Waals surface area (Å²) in [6.07, 6.45) is 0.260. The molecule has 1 aliphatic rings. The van der Waals surface area contributed by atoms with Crippen molar-refractivity contribution in [2.45, 2.75) is 16.2 Å². The van der Waals surface area contributed by atoms with E-state index in [0.29, 0.717) is 0 Å². The van der Waals surface area contributed by atoms with Crippen molar-refractivity contribution in [1.82, 2.24) is 0 Å². The molecule has 0 saturated heterocycles. The fraction of sp³-hybridized carbons (Fsp3) is 0.0769. The summed E-state index contributed by atoms with van der Waals surface area (Å²) in [7, 11) is -15.6. The van der Waals surface area contributed by atoms with E-state index >= 15 is 0 Å². The van der Waals surface area contributed by atoms with E-state index in [1.165, 1.54) is 0 Å². The van der Waals surface area contributed by atoms with E-state index in [9.17, 15) is 36.9 Å². The van der Waals surface area contributed by atoms with Crippen LogP contribution < -0.4 is 0 Å². The Balaban J connectivity index is 2.49. The Labute approximate surface area is 141 Å². The zero-order valence-electron chi connectivity index (χ0n) is 11.9. The van der Waals surface area contributed by atoms with Gasteiger partial charge < -0.3 is 0 Å². The quantitative estimate of drug-likeness (QED) is 0.717. The van der Waals surface area contributed by atoms with Crippen LogP contribution in [0.1, 0.15) is 11.1 Å². The Morgan fingerprint density at radius 1 is 0.720 bits per heavy atom. The highest BCUT2D eigenvalue weighted by molar-refractivity contribution is 7.90. The minimum atomic E-state index is -5.23. The van der Waals surface area contributed by atoms with Crippen molar-refractivity contribution in [1.29, 1.82) is 0 Å². The second-order valence-electron chi connectivity index (χ2n) is 5.29. The van der Waals surface area contributed by atoms with Crippen molar-refractivity contribution in [2.75, 3.05) is 0 Å². The SMILES string of the molecule is O=S(=O)(F)C1=Cc2cc(S(=O)(=O)F)cc3cc(S(=O)(=O)F)cc(c23)C1. The molecule has 0 spiro atoms. The molecular formula is C13H7F3O6S3. The summed E-state index contributed by atoms with van der Waals surface area (Å²) in [6, 6.07) is 3.18. The standard InChI is InChI=1S/C13H7F3O6S3/c14-23(17,18)10-1-7-2-11(24(15,19)20)5-9-6-12(25(16,21)22)4-8(3-10)13(7)9/h1-5H,6H2. The fourth-order valence-corrected chi connectivity index (χ4v) is 4.37. The van der Waals surface area contributed by atoms with Crippen molar-refractivity contribution in [3.8, 4) is 0 Å². The average Bonchev–Trinajstić information content (AvgIpc) is 2.43. The summed E-state index contributed by atoms with van der Waals surface area (Å²) in [5, 5.41) is 0.0289. The topological polar surface area (TPSA) is 102 Å². The van der Waals surface area contributed by atoms with Gasteiger partial charge in [0.1, 0.15) is 0 Å². The van der Waals surface area contributed by atoms with Crippen LogP contribution in [0.5, 0.6) is 0 Å². The highest BCUT2D eigenvalue weighted by atomic mass is 32.3. The van der Waals surface area contributed by atoms with Gasteiger partial charge in [-0.2, -0.15) is 25.3 Å². The van der Waals surface area contributed by atoms with Gasteiger partial charge in [0.05, 0.1) is 14.7 Å². The summed E-state index contributed by atoms with van der Waals surface area (Å²) in [6.45, 7) is 0. The highest BCUT2D eigenvalue weighted by Crippen LogP contribution is 2.37. The van der Waals surface area contributed by atoms with Gasteiger partial charge in [0, 0.05) is 6.42 Å². The lowest BCUT2D eigenvalue weighted by Crippen LogP contribution is -2.08. The Bertz CT molecular complexity index is 1270. The van der Waals surface area contributed by atoms with E-state index in [1.807, 2.05) is 0 Å². The first-order chi connectivity index (χ1) is 11.3. The molecule has 0 aromatic heterocycles. The van der Waals surface area contributed by atoms with Crippen molar-refractivity contribution in [3.05, 3.63) is 40.3 Å². The van der Waals surface area contributed by atoms with E-state index < -0.39 is 51.8 Å². The lowest BCUT2D eigenvalue weighted by Gasteiger charge is -2.17. The third-order valence-corrected chi connectivity index (χ3v) is 6.15. The summed E-state index contributed by atoms with van der Waals surface area (Å²) >= 11 is 0. The molecule has 12 heteroatoms. The van der Waals surface area contributed by atoms with Crippen molar-refractivity contribution in [2.24, 2.45) is 0 Å². The molecule has 0 fully saturated rings. The largest absolute Gasteiger partial charge is 0.332 e. The number of allylic oxidation sites excluding steroid dienone is 1. The summed E-state index contributed by atoms with van der Waals surface area (Å²) in [5.74, 6) is 0. The van der Waals surface area contributed by atoms with Gasteiger partial charge in [0.25, 0.3) is 0 Å². The van der Waals surface area contributed by atoms with Gasteiger partial charge in [-0.15, -0.1) is 11.7 Å². The van der Waals surface area contributed by atoms with Crippen LogP contribution in [0.2, 0.25) is 0 Å². The maximum absolute atomic E-state index is 13.3. The third-order valence-electron chi connectivity index (χ3n) is 3.67. The Morgan fingerprint density at radius 2 is 1.24 bits per heavy atom. The lowest BCUT2D eigenvalue weighted by atomic mass is 9.93. The zero-order valence-corrected chi connectivity index (χ0v) is 14.4. The summed E-state index contributed by atoms with van der Waals surface area (Å²) < 4.78 is 107. The molecule has 0 unspecified atom stereocenters. The van der Waals surface area contributed by atoms with Gasteiger partial charge in [-0.25, -0.2) is 0 Å². The maximum Gasteiger partial charge on any atom is 0.332 e. The minimum absolute atomic E-state index is 0.0507. The third kappa shape index (κ3) is 3.28. The van der Waals surface area contributed by atoms with Gasteiger partial charge >= 0.3 is 30.7 Å². The van der Waals surface area contributed by atoms with Crippen LogP contribution in [0.3, 0.4) is 0 Å². The first kappa shape index (κ1) is 17.9. The fourth-order valence-electron chi connectivity index (χ4n) is 2.69. The van der Waals surface area contributed by atoms with Crippen LogP contribution in [0.25, 0.3) is 16.8 Å². The van der Waals surface area contributed by atoms with Gasteiger partial charge in [-0.1, -0.05) is 0 Å². The lowest BCUT2D eigenvalue weighted by molar-refractivity contribution is 0.550. The summed E-state index contributed by atoms with van der Waals surface area (Å²) in [4.78, 5) is -2.57. The number of hydrogen-bond acceptors (Lipinski definition) is 6. The Morgan fingerprint density at radius 3 is 1.72 bits per heavy atom. The monoisotopic (exact) mass is 412 g/mol. The molecule has 1 aliphatic carbocycles. The molecule has 0 saturated carbocycles. The first-order valence-corrected chi connectivity index (χ1v) is 10.6. The molecular weight excluding hydrogens is 405 g/mol. The molecule has 0 N–H and O–H groups in total. The molecule has 0 bridgehead atoms. The smallest absolute Gasteiger partial charge is 0.190 e. The molecule has 25 heavy (non-hydrogen) atoms. The maximum atomic E-state index is 13.3. The molecule has 0 atom stereocenters. The Kier molecular flexibility index (Phi) is 3.78. The predicted molar refractivity (Wildman–Crippen MR) is 82.2 cm³/mol. The van der Waals surface area contributed by atoms with Crippen LogP contribution in [0, 0.1) is 0 Å². The van der Waals surface area contributed by atoms with Crippen molar-refractivity contribution >= 4 is 47.5 Å². The van der Waals surface area contributed by atoms with E-state index in [2.05, 4.69) is 0 Å². The van der Waals surface area contributed by atoms with Crippen LogP contribution in [-0.2, 0) is 37.1 Å². The van der Waals surface area contributed by atoms with Gasteiger partial charge in [0.2, 0.25) is 0 Å². The average molecular weight is 412 g/mol. The van der Waals surface area contributed by atoms with Crippen molar-refractivity contribution < 1.29 is 36.9 Å². The van der Waals surface area contributed by atoms with Crippen LogP contribution in [0.4, 0.5) is 11.7 Å². The predicted octanol–water partition coefficient (Wildman–Crippen LogP) is 2.35. The molecule has 0 radical (unpaired) electrons. The van der Waals surface area contributed by atoms with E-state index in [1.54, 1.807) is 0 Å². The second-order valence-corrected chi connectivity index (χ2v) is 9.39. The number of halogens is 3. The molecule has 0 heterocycles. The second kappa shape index (κ2) is 5.29.